The van der Waals surface area contributed by atoms with Gasteiger partial charge >= 0.3 is 5.82 Å². The second kappa shape index (κ2) is 3.23. The Hall–Kier alpha value is -2.11. The average molecular weight is 207 g/mol. The van der Waals surface area contributed by atoms with Gasteiger partial charge in [-0.05, 0) is 17.1 Å². The van der Waals surface area contributed by atoms with Crippen molar-refractivity contribution in [1.82, 2.24) is 9.55 Å². The SMILES string of the molecule is Cc1nc(-c2ccco2)c([N+](=O)[O-])n1C. The topological polar surface area (TPSA) is 74.1 Å². The summed E-state index contributed by atoms with van der Waals surface area (Å²) in [7, 11) is 1.60. The van der Waals surface area contributed by atoms with E-state index in [2.05, 4.69) is 4.98 Å². The number of nitrogens with zero attached hydrogens (tertiary/aromatic N) is 3. The van der Waals surface area contributed by atoms with Crippen LogP contribution in [0.4, 0.5) is 5.82 Å². The molecule has 0 aliphatic heterocycles. The minimum absolute atomic E-state index is 0.0533. The van der Waals surface area contributed by atoms with E-state index in [0.29, 0.717) is 11.6 Å². The maximum absolute atomic E-state index is 10.9. The van der Waals surface area contributed by atoms with Crippen LogP contribution in [0.2, 0.25) is 0 Å². The highest BCUT2D eigenvalue weighted by Crippen LogP contribution is 2.29. The first-order chi connectivity index (χ1) is 7.11. The second-order valence-corrected chi connectivity index (χ2v) is 3.12. The molecule has 0 unspecified atom stereocenters. The van der Waals surface area contributed by atoms with Crippen LogP contribution in [0, 0.1) is 17.0 Å². The number of aryl methyl sites for hydroxylation is 1. The standard InChI is InChI=1S/C9H9N3O3/c1-6-10-8(7-4-3-5-15-7)9(11(6)2)12(13)14/h3-5H,1-2H3. The van der Waals surface area contributed by atoms with Crippen LogP contribution in [0.15, 0.2) is 22.8 Å². The third-order valence-corrected chi connectivity index (χ3v) is 2.22. The fraction of sp³-hybridized carbons (Fsp3) is 0.222. The minimum Gasteiger partial charge on any atom is -0.462 e. The van der Waals surface area contributed by atoms with Crippen molar-refractivity contribution >= 4 is 5.82 Å². The highest BCUT2D eigenvalue weighted by atomic mass is 16.6. The zero-order valence-electron chi connectivity index (χ0n) is 8.30. The molecule has 2 aromatic heterocycles. The first-order valence-electron chi connectivity index (χ1n) is 4.33. The number of hydrogen-bond donors (Lipinski definition) is 0. The van der Waals surface area contributed by atoms with E-state index in [9.17, 15) is 10.1 Å². The zero-order chi connectivity index (χ0) is 11.0. The number of nitro groups is 1. The third-order valence-electron chi connectivity index (χ3n) is 2.22. The fourth-order valence-electron chi connectivity index (χ4n) is 1.39. The van der Waals surface area contributed by atoms with Crippen molar-refractivity contribution in [1.29, 1.82) is 0 Å². The summed E-state index contributed by atoms with van der Waals surface area (Å²) in [5, 5.41) is 10.9. The van der Waals surface area contributed by atoms with Crippen LogP contribution in [0.1, 0.15) is 5.82 Å². The molecule has 0 atom stereocenters. The smallest absolute Gasteiger partial charge is 0.354 e. The summed E-state index contributed by atoms with van der Waals surface area (Å²) < 4.78 is 6.53. The molecular formula is C9H9N3O3. The number of hydrogen-bond acceptors (Lipinski definition) is 4. The average Bonchev–Trinajstić information content (AvgIpc) is 2.75. The Morgan fingerprint density at radius 1 is 1.60 bits per heavy atom. The number of rotatable bonds is 2. The van der Waals surface area contributed by atoms with Gasteiger partial charge in [0.1, 0.15) is 0 Å². The lowest BCUT2D eigenvalue weighted by Gasteiger charge is -1.96. The lowest BCUT2D eigenvalue weighted by atomic mass is 10.3. The molecule has 0 fully saturated rings. The van der Waals surface area contributed by atoms with Crippen molar-refractivity contribution in [3.63, 3.8) is 0 Å². The molecule has 0 saturated carbocycles. The Labute approximate surface area is 85.3 Å². The van der Waals surface area contributed by atoms with Gasteiger partial charge in [-0.3, -0.25) is 0 Å². The van der Waals surface area contributed by atoms with Crippen molar-refractivity contribution in [2.75, 3.05) is 0 Å². The van der Waals surface area contributed by atoms with Gasteiger partial charge in [-0.1, -0.05) is 0 Å². The largest absolute Gasteiger partial charge is 0.462 e. The van der Waals surface area contributed by atoms with Crippen molar-refractivity contribution in [2.45, 2.75) is 6.92 Å². The molecule has 2 heterocycles. The van der Waals surface area contributed by atoms with Crippen LogP contribution in [-0.4, -0.2) is 14.5 Å². The van der Waals surface area contributed by atoms with E-state index >= 15 is 0 Å². The molecule has 0 amide bonds. The molecule has 0 radical (unpaired) electrons. The maximum Gasteiger partial charge on any atom is 0.354 e. The van der Waals surface area contributed by atoms with Gasteiger partial charge in [0.15, 0.2) is 11.6 Å². The highest BCUT2D eigenvalue weighted by Gasteiger charge is 2.25. The third kappa shape index (κ3) is 1.39. The van der Waals surface area contributed by atoms with Crippen molar-refractivity contribution in [3.8, 4) is 11.5 Å². The van der Waals surface area contributed by atoms with E-state index in [4.69, 9.17) is 4.42 Å². The first kappa shape index (κ1) is 9.45. The van der Waals surface area contributed by atoms with Crippen LogP contribution in [0.5, 0.6) is 0 Å². The monoisotopic (exact) mass is 207 g/mol. The summed E-state index contributed by atoms with van der Waals surface area (Å²) in [6.07, 6.45) is 1.46. The lowest BCUT2D eigenvalue weighted by molar-refractivity contribution is -0.391. The summed E-state index contributed by atoms with van der Waals surface area (Å²) >= 11 is 0. The molecule has 6 nitrogen and oxygen atoms in total. The number of imidazole rings is 1. The van der Waals surface area contributed by atoms with E-state index in [-0.39, 0.29) is 11.5 Å². The molecule has 0 N–H and O–H groups in total. The molecule has 0 aromatic carbocycles. The van der Waals surface area contributed by atoms with Gasteiger partial charge in [-0.15, -0.1) is 0 Å². The molecule has 2 rings (SSSR count). The summed E-state index contributed by atoms with van der Waals surface area (Å²) in [6, 6.07) is 3.32. The van der Waals surface area contributed by atoms with E-state index in [0.717, 1.165) is 0 Å². The minimum atomic E-state index is -0.460. The molecule has 2 aromatic rings. The fourth-order valence-corrected chi connectivity index (χ4v) is 1.39. The molecule has 0 aliphatic carbocycles. The Balaban J connectivity index is 2.67. The van der Waals surface area contributed by atoms with Gasteiger partial charge in [-0.25, -0.2) is 9.55 Å². The van der Waals surface area contributed by atoms with Crippen LogP contribution >= 0.6 is 0 Å². The molecule has 0 aliphatic rings. The molecule has 15 heavy (non-hydrogen) atoms. The molecule has 0 saturated heterocycles. The van der Waals surface area contributed by atoms with E-state index in [1.807, 2.05) is 0 Å². The van der Waals surface area contributed by atoms with E-state index in [1.165, 1.54) is 10.8 Å². The summed E-state index contributed by atoms with van der Waals surface area (Å²) in [4.78, 5) is 14.5. The Morgan fingerprint density at radius 2 is 2.33 bits per heavy atom. The van der Waals surface area contributed by atoms with Gasteiger partial charge in [0.25, 0.3) is 0 Å². The lowest BCUT2D eigenvalue weighted by Crippen LogP contribution is -1.99. The normalized spacial score (nSPS) is 10.5. The van der Waals surface area contributed by atoms with Crippen LogP contribution in [-0.2, 0) is 7.05 Å². The first-order valence-corrected chi connectivity index (χ1v) is 4.33. The quantitative estimate of drug-likeness (QED) is 0.556. The van der Waals surface area contributed by atoms with Crippen LogP contribution in [0.3, 0.4) is 0 Å². The van der Waals surface area contributed by atoms with E-state index < -0.39 is 4.92 Å². The van der Waals surface area contributed by atoms with Gasteiger partial charge < -0.3 is 14.5 Å². The summed E-state index contributed by atoms with van der Waals surface area (Å²) in [6.45, 7) is 1.71. The van der Waals surface area contributed by atoms with Crippen molar-refractivity contribution in [2.24, 2.45) is 7.05 Å². The Morgan fingerprint density at radius 3 is 2.87 bits per heavy atom. The number of furan rings is 1. The predicted molar refractivity (Wildman–Crippen MR) is 52.3 cm³/mol. The van der Waals surface area contributed by atoms with Gasteiger partial charge in [0, 0.05) is 6.92 Å². The van der Waals surface area contributed by atoms with Crippen LogP contribution in [0.25, 0.3) is 11.5 Å². The predicted octanol–water partition coefficient (Wildman–Crippen LogP) is 1.90. The van der Waals surface area contributed by atoms with Crippen molar-refractivity contribution in [3.05, 3.63) is 34.3 Å². The number of aromatic nitrogens is 2. The summed E-state index contributed by atoms with van der Waals surface area (Å²) in [5.74, 6) is 0.931. The Bertz CT molecular complexity index is 499. The molecular weight excluding hydrogens is 198 g/mol. The van der Waals surface area contributed by atoms with E-state index in [1.54, 1.807) is 26.1 Å². The van der Waals surface area contributed by atoms with Gasteiger partial charge in [0.2, 0.25) is 5.69 Å². The van der Waals surface area contributed by atoms with Crippen LogP contribution < -0.4 is 0 Å². The molecule has 0 spiro atoms. The molecule has 6 heteroatoms. The van der Waals surface area contributed by atoms with Gasteiger partial charge in [-0.2, -0.15) is 0 Å². The van der Waals surface area contributed by atoms with Gasteiger partial charge in [0.05, 0.1) is 13.3 Å². The zero-order valence-corrected chi connectivity index (χ0v) is 8.30. The summed E-state index contributed by atoms with van der Waals surface area (Å²) in [5.41, 5.74) is 0.269. The second-order valence-electron chi connectivity index (χ2n) is 3.12. The van der Waals surface area contributed by atoms with Crippen molar-refractivity contribution < 1.29 is 9.34 Å². The molecule has 78 valence electrons. The highest BCUT2D eigenvalue weighted by molar-refractivity contribution is 5.63. The maximum atomic E-state index is 10.9. The Kier molecular flexibility index (Phi) is 2.03. The molecule has 0 bridgehead atoms.